The van der Waals surface area contributed by atoms with Gasteiger partial charge in [-0.1, -0.05) is 0 Å². The summed E-state index contributed by atoms with van der Waals surface area (Å²) in [6.07, 6.45) is -8.68. The fraction of sp³-hybridized carbons (Fsp3) is 0.667. The molecule has 0 saturated carbocycles. The molecule has 37 heavy (non-hydrogen) atoms. The first-order valence-electron chi connectivity index (χ1n) is 8.40. The van der Waals surface area contributed by atoms with Gasteiger partial charge in [0.05, 0.1) is 62.9 Å². The number of hydrogen-bond acceptors (Lipinski definition) is 20. The number of aliphatic hydroxyl groups excluding tert-OH is 10. The maximum Gasteiger partial charge on any atom is 4.00 e. The molecule has 0 aromatic heterocycles. The Bertz CT molecular complexity index is 476. The molecule has 0 saturated heterocycles. The van der Waals surface area contributed by atoms with Crippen LogP contribution in [-0.2, 0) is 50.2 Å². The second-order valence-electron chi connectivity index (χ2n) is 5.09. The number of carboxylic acids is 5. The Labute approximate surface area is 226 Å². The summed E-state index contributed by atoms with van der Waals surface area (Å²) in [5.41, 5.74) is 0. The summed E-state index contributed by atoms with van der Waals surface area (Å²) in [5.74, 6) is -8.25. The zero-order chi connectivity index (χ0) is 29.3. The first-order valence-corrected chi connectivity index (χ1v) is 8.40. The number of hydrogen-bond donors (Lipinski definition) is 11. The van der Waals surface area contributed by atoms with Crippen molar-refractivity contribution in [2.45, 2.75) is 30.5 Å². The van der Waals surface area contributed by atoms with E-state index < -0.39 is 93.4 Å². The Morgan fingerprint density at radius 3 is 0.486 bits per heavy atom. The monoisotopic (exact) mass is 633 g/mol. The van der Waals surface area contributed by atoms with Gasteiger partial charge in [0, 0.05) is 0 Å². The number of carboxylic acid groups (broad SMARTS) is 5. The molecule has 0 aromatic carbocycles. The van der Waals surface area contributed by atoms with Crippen LogP contribution in [0.1, 0.15) is 0 Å². The van der Waals surface area contributed by atoms with E-state index in [9.17, 15) is 49.5 Å². The Kier molecular flexibility index (Phi) is 47.0. The van der Waals surface area contributed by atoms with Crippen molar-refractivity contribution in [1.29, 1.82) is 0 Å². The minimum Gasteiger partial charge on any atom is -0.547 e. The quantitative estimate of drug-likeness (QED) is 0.106. The van der Waals surface area contributed by atoms with Gasteiger partial charge in [0.15, 0.2) is 0 Å². The first-order chi connectivity index (χ1) is 15.9. The summed E-state index contributed by atoms with van der Waals surface area (Å²) >= 11 is 0. The topological polar surface area (TPSA) is 439 Å². The van der Waals surface area contributed by atoms with Crippen molar-refractivity contribution >= 4 is 29.8 Å². The molecule has 0 fully saturated rings. The average Bonchev–Trinajstić information content (AvgIpc) is 2.82. The molecule has 5 atom stereocenters. The summed E-state index contributed by atoms with van der Waals surface area (Å²) in [7, 11) is 0. The average molecular weight is 635 g/mol. The van der Waals surface area contributed by atoms with Crippen LogP contribution < -0.4 is 31.7 Å². The molecule has 0 heterocycles. The van der Waals surface area contributed by atoms with Crippen molar-refractivity contribution in [3.63, 3.8) is 0 Å². The smallest absolute Gasteiger partial charge is 0.547 e. The van der Waals surface area contributed by atoms with E-state index in [4.69, 9.17) is 51.1 Å². The molecule has 0 spiro atoms. The predicted molar refractivity (Wildman–Crippen MR) is 96.5 cm³/mol. The van der Waals surface area contributed by atoms with Gasteiger partial charge in [-0.2, -0.15) is 0 Å². The van der Waals surface area contributed by atoms with Crippen LogP contribution in [0.25, 0.3) is 0 Å². The minimum absolute atomic E-state index is 0. The van der Waals surface area contributed by atoms with Gasteiger partial charge in [-0.05, 0) is 0 Å². The van der Waals surface area contributed by atoms with Gasteiger partial charge in [-0.15, -0.1) is 0 Å². The second kappa shape index (κ2) is 33.8. The zero-order valence-electron chi connectivity index (χ0n) is 19.0. The van der Waals surface area contributed by atoms with Gasteiger partial charge in [0.1, 0.15) is 30.5 Å². The van der Waals surface area contributed by atoms with Crippen LogP contribution in [0.3, 0.4) is 0 Å². The Morgan fingerprint density at radius 1 is 0.405 bits per heavy atom. The van der Waals surface area contributed by atoms with E-state index in [1.165, 1.54) is 0 Å². The van der Waals surface area contributed by atoms with Crippen LogP contribution >= 0.6 is 0 Å². The molecule has 0 aliphatic carbocycles. The Hall–Kier alpha value is -2.21. The van der Waals surface area contributed by atoms with E-state index in [1.54, 1.807) is 0 Å². The fourth-order valence-corrected chi connectivity index (χ4v) is 0.373. The van der Waals surface area contributed by atoms with Gasteiger partial charge < -0.3 is 107 Å². The molecule has 218 valence electrons. The van der Waals surface area contributed by atoms with Gasteiger partial charge in [-0.3, -0.25) is 0 Å². The normalized spacial score (nSPS) is 12.7. The van der Waals surface area contributed by atoms with Gasteiger partial charge in [0.25, 0.3) is 0 Å². The van der Waals surface area contributed by atoms with Crippen molar-refractivity contribution in [2.24, 2.45) is 0 Å². The Balaban J connectivity index is -0.0000000600. The molecule has 0 aromatic rings. The molecule has 0 radical (unpaired) electrons. The number of quaternary nitrogens is 1. The van der Waals surface area contributed by atoms with Gasteiger partial charge in [0.2, 0.25) is 0 Å². The van der Waals surface area contributed by atoms with Crippen molar-refractivity contribution in [1.82, 2.24) is 6.15 Å². The van der Waals surface area contributed by atoms with Crippen molar-refractivity contribution in [3.05, 3.63) is 0 Å². The molecule has 14 N–H and O–H groups in total. The van der Waals surface area contributed by atoms with Crippen molar-refractivity contribution in [2.75, 3.05) is 33.0 Å². The number of aliphatic carboxylic acids is 5. The summed E-state index contributed by atoms with van der Waals surface area (Å²) in [5, 5.41) is 126. The minimum atomic E-state index is -1.74. The van der Waals surface area contributed by atoms with E-state index in [-0.39, 0.29) is 32.4 Å². The largest absolute Gasteiger partial charge is 4.00 e. The van der Waals surface area contributed by atoms with E-state index in [0.29, 0.717) is 0 Å². The molecule has 0 aliphatic heterocycles. The SMILES string of the molecule is O=C([O-])C(O)CO.O=C([O-])C(O)CO.O=C([O-])C(O)CO.O=C([O-])C(O)CO.O=C([O-])C(O)CO.[NH4+].[Zr+4]. The molecule has 22 heteroatoms. The molecule has 0 aliphatic rings. The third-order valence-electron chi connectivity index (χ3n) is 2.23. The summed E-state index contributed by atoms with van der Waals surface area (Å²) < 4.78 is 0. The molecule has 0 rings (SSSR count). The van der Waals surface area contributed by atoms with Crippen LogP contribution in [0.15, 0.2) is 0 Å². The summed E-state index contributed by atoms with van der Waals surface area (Å²) in [4.78, 5) is 47.0. The van der Waals surface area contributed by atoms with E-state index >= 15 is 0 Å². The predicted octanol–water partition coefficient (Wildman–Crippen LogP) is -14.2. The van der Waals surface area contributed by atoms with Crippen LogP contribution in [0, 0.1) is 0 Å². The zero-order valence-corrected chi connectivity index (χ0v) is 21.4. The number of rotatable bonds is 10. The molecular weight excluding hydrogens is 605 g/mol. The molecule has 21 nitrogen and oxygen atoms in total. The van der Waals surface area contributed by atoms with E-state index in [1.807, 2.05) is 0 Å². The van der Waals surface area contributed by atoms with Crippen LogP contribution in [-0.4, -0.2) is 144 Å². The van der Waals surface area contributed by atoms with Crippen LogP contribution in [0.5, 0.6) is 0 Å². The van der Waals surface area contributed by atoms with Gasteiger partial charge in [-0.25, -0.2) is 0 Å². The summed E-state index contributed by atoms with van der Waals surface area (Å²) in [6, 6.07) is 0. The number of aliphatic hydroxyl groups is 10. The third kappa shape index (κ3) is 44.2. The first kappa shape index (κ1) is 51.4. The van der Waals surface area contributed by atoms with Crippen molar-refractivity contribution in [3.8, 4) is 0 Å². The Morgan fingerprint density at radius 2 is 0.486 bits per heavy atom. The molecule has 0 amide bonds. The standard InChI is InChI=1S/5C3H6O4.H3N.Zr/c5*4-1-2(5)3(6)7;;/h5*2,4-5H,1H2,(H,6,7);1H3;/q;;;;;;+4/p-4. The number of carbonyl (C=O) groups is 5. The third-order valence-corrected chi connectivity index (χ3v) is 2.23. The van der Waals surface area contributed by atoms with Gasteiger partial charge >= 0.3 is 26.2 Å². The van der Waals surface area contributed by atoms with E-state index in [2.05, 4.69) is 0 Å². The van der Waals surface area contributed by atoms with Crippen LogP contribution in [0.4, 0.5) is 0 Å². The summed E-state index contributed by atoms with van der Waals surface area (Å²) in [6.45, 7) is -3.95. The van der Waals surface area contributed by atoms with E-state index in [0.717, 1.165) is 0 Å². The van der Waals surface area contributed by atoms with Crippen molar-refractivity contribution < 1.29 is 127 Å². The molecule has 5 unspecified atom stereocenters. The second-order valence-corrected chi connectivity index (χ2v) is 5.09. The fourth-order valence-electron chi connectivity index (χ4n) is 0.373. The molecule has 0 bridgehead atoms. The maximum absolute atomic E-state index is 9.41. The molecular formula is C15H29NO20Zr. The van der Waals surface area contributed by atoms with Crippen LogP contribution in [0.2, 0.25) is 0 Å². The maximum atomic E-state index is 9.41. The number of carbonyl (C=O) groups excluding carboxylic acids is 5.